The van der Waals surface area contributed by atoms with Gasteiger partial charge in [-0.05, 0) is 56.7 Å². The molecular weight excluding hydrogens is 252 g/mol. The molecule has 1 aliphatic rings. The van der Waals surface area contributed by atoms with Crippen LogP contribution in [0.3, 0.4) is 0 Å². The van der Waals surface area contributed by atoms with E-state index < -0.39 is 0 Å². The van der Waals surface area contributed by atoms with Crippen LogP contribution in [0.5, 0.6) is 5.75 Å². The Morgan fingerprint density at radius 3 is 2.80 bits per heavy atom. The summed E-state index contributed by atoms with van der Waals surface area (Å²) in [4.78, 5) is 10.9. The van der Waals surface area contributed by atoms with E-state index in [0.29, 0.717) is 12.5 Å². The molecule has 0 radical (unpaired) electrons. The summed E-state index contributed by atoms with van der Waals surface area (Å²) in [5.41, 5.74) is 1.19. The van der Waals surface area contributed by atoms with Gasteiger partial charge in [0.25, 0.3) is 0 Å². The lowest BCUT2D eigenvalue weighted by atomic mass is 10.1. The van der Waals surface area contributed by atoms with E-state index in [1.54, 1.807) is 6.92 Å². The molecule has 1 aromatic carbocycles. The van der Waals surface area contributed by atoms with Crippen LogP contribution in [0.15, 0.2) is 24.3 Å². The summed E-state index contributed by atoms with van der Waals surface area (Å²) in [5.74, 6) is 1.14. The quantitative estimate of drug-likeness (QED) is 0.681. The van der Waals surface area contributed by atoms with E-state index in [1.807, 2.05) is 24.3 Å². The molecule has 110 valence electrons. The first-order chi connectivity index (χ1) is 9.74. The predicted molar refractivity (Wildman–Crippen MR) is 79.1 cm³/mol. The lowest BCUT2D eigenvalue weighted by molar-refractivity contribution is -0.116. The second-order valence-corrected chi connectivity index (χ2v) is 5.47. The number of Topliss-reactive ketones (excluding diaryl/α,β-unsaturated/α-hetero) is 1. The van der Waals surface area contributed by atoms with Gasteiger partial charge in [-0.3, -0.25) is 0 Å². The molecule has 0 saturated carbocycles. The van der Waals surface area contributed by atoms with Gasteiger partial charge in [0.2, 0.25) is 0 Å². The Balaban J connectivity index is 1.64. The van der Waals surface area contributed by atoms with Crippen LogP contribution < -0.4 is 4.74 Å². The number of aryl methyl sites for hydroxylation is 1. The summed E-state index contributed by atoms with van der Waals surface area (Å²) in [7, 11) is 0. The Kier molecular flexibility index (Phi) is 6.06. The fourth-order valence-electron chi connectivity index (χ4n) is 2.45. The van der Waals surface area contributed by atoms with Gasteiger partial charge in [0, 0.05) is 13.0 Å². The molecule has 0 amide bonds. The van der Waals surface area contributed by atoms with Crippen molar-refractivity contribution in [1.82, 2.24) is 0 Å². The van der Waals surface area contributed by atoms with Crippen molar-refractivity contribution < 1.29 is 14.3 Å². The van der Waals surface area contributed by atoms with Crippen LogP contribution in [0, 0.1) is 0 Å². The zero-order valence-corrected chi connectivity index (χ0v) is 12.3. The molecule has 0 N–H and O–H groups in total. The zero-order chi connectivity index (χ0) is 14.2. The fourth-order valence-corrected chi connectivity index (χ4v) is 2.45. The van der Waals surface area contributed by atoms with Gasteiger partial charge < -0.3 is 14.3 Å². The maximum absolute atomic E-state index is 10.9. The van der Waals surface area contributed by atoms with Gasteiger partial charge in [-0.15, -0.1) is 0 Å². The standard InChI is InChI=1S/C17H24O3/c1-14(18)6-7-15-8-10-17(11-9-15)20-13-3-5-16-4-2-12-19-16/h8-11,16H,2-7,12-13H2,1H3. The van der Waals surface area contributed by atoms with Crippen LogP contribution in [0.1, 0.15) is 44.6 Å². The average molecular weight is 276 g/mol. The van der Waals surface area contributed by atoms with Crippen LogP contribution in [-0.2, 0) is 16.0 Å². The first kappa shape index (κ1) is 15.0. The summed E-state index contributed by atoms with van der Waals surface area (Å²) >= 11 is 0. The third-order valence-electron chi connectivity index (χ3n) is 3.65. The molecule has 1 unspecified atom stereocenters. The number of carbonyl (C=O) groups is 1. The Morgan fingerprint density at radius 2 is 2.15 bits per heavy atom. The molecule has 0 bridgehead atoms. The van der Waals surface area contributed by atoms with Gasteiger partial charge >= 0.3 is 0 Å². The van der Waals surface area contributed by atoms with Gasteiger partial charge in [0.15, 0.2) is 0 Å². The number of carbonyl (C=O) groups excluding carboxylic acids is 1. The van der Waals surface area contributed by atoms with Crippen molar-refractivity contribution in [1.29, 1.82) is 0 Å². The van der Waals surface area contributed by atoms with Crippen molar-refractivity contribution in [3.05, 3.63) is 29.8 Å². The van der Waals surface area contributed by atoms with E-state index in [9.17, 15) is 4.79 Å². The number of benzene rings is 1. The molecule has 3 nitrogen and oxygen atoms in total. The fraction of sp³-hybridized carbons (Fsp3) is 0.588. The molecular formula is C17H24O3. The number of hydrogen-bond acceptors (Lipinski definition) is 3. The minimum absolute atomic E-state index is 0.236. The third kappa shape index (κ3) is 5.33. The lowest BCUT2D eigenvalue weighted by Gasteiger charge is -2.10. The van der Waals surface area contributed by atoms with Crippen molar-refractivity contribution in [3.8, 4) is 5.75 Å². The molecule has 2 rings (SSSR count). The van der Waals surface area contributed by atoms with Crippen molar-refractivity contribution in [2.75, 3.05) is 13.2 Å². The van der Waals surface area contributed by atoms with Crippen LogP contribution in [0.25, 0.3) is 0 Å². The Bertz CT molecular complexity index is 405. The molecule has 1 aliphatic heterocycles. The maximum Gasteiger partial charge on any atom is 0.130 e. The monoisotopic (exact) mass is 276 g/mol. The largest absolute Gasteiger partial charge is 0.494 e. The third-order valence-corrected chi connectivity index (χ3v) is 3.65. The van der Waals surface area contributed by atoms with E-state index in [2.05, 4.69) is 0 Å². The molecule has 1 saturated heterocycles. The minimum Gasteiger partial charge on any atom is -0.494 e. The average Bonchev–Trinajstić information content (AvgIpc) is 2.96. The first-order valence-electron chi connectivity index (χ1n) is 7.57. The number of ketones is 1. The lowest BCUT2D eigenvalue weighted by Crippen LogP contribution is -2.07. The summed E-state index contributed by atoms with van der Waals surface area (Å²) < 4.78 is 11.3. The molecule has 3 heteroatoms. The topological polar surface area (TPSA) is 35.5 Å². The first-order valence-corrected chi connectivity index (χ1v) is 7.57. The predicted octanol–water partition coefficient (Wildman–Crippen LogP) is 3.55. The van der Waals surface area contributed by atoms with Crippen LogP contribution in [-0.4, -0.2) is 25.1 Å². The SMILES string of the molecule is CC(=O)CCc1ccc(OCCCC2CCCO2)cc1. The maximum atomic E-state index is 10.9. The molecule has 1 aromatic rings. The smallest absolute Gasteiger partial charge is 0.130 e. The van der Waals surface area contributed by atoms with Gasteiger partial charge in [-0.25, -0.2) is 0 Å². The van der Waals surface area contributed by atoms with Crippen molar-refractivity contribution >= 4 is 5.78 Å². The number of ether oxygens (including phenoxy) is 2. The van der Waals surface area contributed by atoms with E-state index in [4.69, 9.17) is 9.47 Å². The highest BCUT2D eigenvalue weighted by atomic mass is 16.5. The number of rotatable bonds is 8. The van der Waals surface area contributed by atoms with Crippen LogP contribution in [0.4, 0.5) is 0 Å². The molecule has 0 spiro atoms. The molecule has 1 atom stereocenters. The second-order valence-electron chi connectivity index (χ2n) is 5.47. The van der Waals surface area contributed by atoms with Crippen molar-refractivity contribution in [2.24, 2.45) is 0 Å². The molecule has 0 aliphatic carbocycles. The minimum atomic E-state index is 0.236. The molecule has 0 aromatic heterocycles. The van der Waals surface area contributed by atoms with Gasteiger partial charge in [0.1, 0.15) is 11.5 Å². The van der Waals surface area contributed by atoms with E-state index >= 15 is 0 Å². The Morgan fingerprint density at radius 1 is 1.35 bits per heavy atom. The normalized spacial score (nSPS) is 18.1. The van der Waals surface area contributed by atoms with Crippen molar-refractivity contribution in [3.63, 3.8) is 0 Å². The van der Waals surface area contributed by atoms with E-state index in [1.165, 1.54) is 18.4 Å². The second kappa shape index (κ2) is 8.05. The van der Waals surface area contributed by atoms with E-state index in [0.717, 1.165) is 38.2 Å². The summed E-state index contributed by atoms with van der Waals surface area (Å²) in [6.45, 7) is 3.30. The Hall–Kier alpha value is -1.35. The van der Waals surface area contributed by atoms with Crippen LogP contribution >= 0.6 is 0 Å². The van der Waals surface area contributed by atoms with Crippen LogP contribution in [0.2, 0.25) is 0 Å². The highest BCUT2D eigenvalue weighted by Gasteiger charge is 2.14. The molecule has 1 fully saturated rings. The summed E-state index contributed by atoms with van der Waals surface area (Å²) in [6.07, 6.45) is 6.41. The molecule has 20 heavy (non-hydrogen) atoms. The van der Waals surface area contributed by atoms with Gasteiger partial charge in [-0.1, -0.05) is 12.1 Å². The van der Waals surface area contributed by atoms with E-state index in [-0.39, 0.29) is 5.78 Å². The van der Waals surface area contributed by atoms with Gasteiger partial charge in [0.05, 0.1) is 12.7 Å². The Labute approximate surface area is 121 Å². The highest BCUT2D eigenvalue weighted by Crippen LogP contribution is 2.18. The van der Waals surface area contributed by atoms with Crippen molar-refractivity contribution in [2.45, 2.75) is 51.6 Å². The zero-order valence-electron chi connectivity index (χ0n) is 12.3. The molecule has 1 heterocycles. The summed E-state index contributed by atoms with van der Waals surface area (Å²) in [6, 6.07) is 8.06. The highest BCUT2D eigenvalue weighted by molar-refractivity contribution is 5.75. The number of hydrogen-bond donors (Lipinski definition) is 0. The summed E-state index contributed by atoms with van der Waals surface area (Å²) in [5, 5.41) is 0. The van der Waals surface area contributed by atoms with Gasteiger partial charge in [-0.2, -0.15) is 0 Å².